The van der Waals surface area contributed by atoms with E-state index in [1.807, 2.05) is 19.9 Å². The van der Waals surface area contributed by atoms with Crippen LogP contribution >= 0.6 is 11.6 Å². The number of anilines is 1. The normalized spacial score (nSPS) is 10.2. The van der Waals surface area contributed by atoms with Gasteiger partial charge in [-0.25, -0.2) is 0 Å². The molecule has 0 aliphatic rings. The van der Waals surface area contributed by atoms with Crippen molar-refractivity contribution in [3.63, 3.8) is 0 Å². The Labute approximate surface area is 125 Å². The lowest BCUT2D eigenvalue weighted by Gasteiger charge is -2.23. The van der Waals surface area contributed by atoms with Crippen LogP contribution in [0.4, 0.5) is 5.69 Å². The zero-order valence-electron chi connectivity index (χ0n) is 12.2. The van der Waals surface area contributed by atoms with Gasteiger partial charge in [-0.3, -0.25) is 9.59 Å². The lowest BCUT2D eigenvalue weighted by Crippen LogP contribution is -2.37. The fourth-order valence-electron chi connectivity index (χ4n) is 1.94. The number of halogens is 1. The molecule has 0 fully saturated rings. The fraction of sp³-hybridized carbons (Fsp3) is 0.467. The monoisotopic (exact) mass is 296 g/mol. The van der Waals surface area contributed by atoms with E-state index >= 15 is 0 Å². The third kappa shape index (κ3) is 4.85. The van der Waals surface area contributed by atoms with Gasteiger partial charge in [0, 0.05) is 37.1 Å². The van der Waals surface area contributed by atoms with Crippen LogP contribution in [-0.2, 0) is 9.59 Å². The van der Waals surface area contributed by atoms with Crippen molar-refractivity contribution >= 4 is 29.1 Å². The number of hydrogen-bond donors (Lipinski definition) is 1. The number of amides is 2. The average Bonchev–Trinajstić information content (AvgIpc) is 2.38. The molecule has 0 heterocycles. The van der Waals surface area contributed by atoms with Crippen LogP contribution in [0.3, 0.4) is 0 Å². The first-order valence-electron chi connectivity index (χ1n) is 6.76. The maximum atomic E-state index is 11.8. The van der Waals surface area contributed by atoms with E-state index in [0.29, 0.717) is 24.5 Å². The lowest BCUT2D eigenvalue weighted by molar-refractivity contribution is -0.121. The maximum Gasteiger partial charge on any atom is 0.223 e. The number of carbonyl (C=O) groups excluding carboxylic acids is 2. The first-order valence-corrected chi connectivity index (χ1v) is 7.14. The van der Waals surface area contributed by atoms with Crippen molar-refractivity contribution in [3.8, 4) is 0 Å². The van der Waals surface area contributed by atoms with E-state index in [1.54, 1.807) is 17.0 Å². The van der Waals surface area contributed by atoms with E-state index in [9.17, 15) is 9.59 Å². The molecular weight excluding hydrogens is 276 g/mol. The Morgan fingerprint density at radius 2 is 2.05 bits per heavy atom. The van der Waals surface area contributed by atoms with Gasteiger partial charge >= 0.3 is 0 Å². The number of benzene rings is 1. The van der Waals surface area contributed by atoms with Gasteiger partial charge < -0.3 is 10.2 Å². The Morgan fingerprint density at radius 1 is 1.35 bits per heavy atom. The quantitative estimate of drug-likeness (QED) is 0.877. The van der Waals surface area contributed by atoms with Crippen LogP contribution in [0.5, 0.6) is 0 Å². The standard InChI is InChI=1S/C15H21ClN2O2/c1-4-5-15(20)17-8-9-18(12(3)19)14-10-13(16)7-6-11(14)2/h6-7,10H,4-5,8-9H2,1-3H3,(H,17,20). The molecular formula is C15H21ClN2O2. The number of hydrogen-bond acceptors (Lipinski definition) is 2. The van der Waals surface area contributed by atoms with Crippen molar-refractivity contribution in [1.29, 1.82) is 0 Å². The second-order valence-electron chi connectivity index (χ2n) is 4.70. The highest BCUT2D eigenvalue weighted by molar-refractivity contribution is 6.31. The summed E-state index contributed by atoms with van der Waals surface area (Å²) in [7, 11) is 0. The van der Waals surface area contributed by atoms with Crippen LogP contribution in [0.25, 0.3) is 0 Å². The van der Waals surface area contributed by atoms with Crippen LogP contribution in [-0.4, -0.2) is 24.9 Å². The van der Waals surface area contributed by atoms with Crippen molar-refractivity contribution in [2.24, 2.45) is 0 Å². The highest BCUT2D eigenvalue weighted by Crippen LogP contribution is 2.24. The van der Waals surface area contributed by atoms with Crippen molar-refractivity contribution in [1.82, 2.24) is 5.32 Å². The van der Waals surface area contributed by atoms with Crippen molar-refractivity contribution < 1.29 is 9.59 Å². The molecule has 1 aromatic carbocycles. The molecule has 0 saturated carbocycles. The van der Waals surface area contributed by atoms with E-state index < -0.39 is 0 Å². The minimum absolute atomic E-state index is 0.0128. The van der Waals surface area contributed by atoms with E-state index in [4.69, 9.17) is 11.6 Å². The summed E-state index contributed by atoms with van der Waals surface area (Å²) >= 11 is 5.98. The molecule has 1 rings (SSSR count). The average molecular weight is 297 g/mol. The number of aryl methyl sites for hydroxylation is 1. The second kappa shape index (κ2) is 7.90. The summed E-state index contributed by atoms with van der Waals surface area (Å²) in [5, 5.41) is 3.40. The molecule has 1 N–H and O–H groups in total. The summed E-state index contributed by atoms with van der Waals surface area (Å²) in [6, 6.07) is 5.44. The van der Waals surface area contributed by atoms with Gasteiger partial charge in [-0.1, -0.05) is 24.6 Å². The van der Waals surface area contributed by atoms with E-state index in [1.165, 1.54) is 6.92 Å². The molecule has 0 unspecified atom stereocenters. The molecule has 0 saturated heterocycles. The largest absolute Gasteiger partial charge is 0.354 e. The predicted octanol–water partition coefficient (Wildman–Crippen LogP) is 2.92. The highest BCUT2D eigenvalue weighted by Gasteiger charge is 2.14. The summed E-state index contributed by atoms with van der Waals surface area (Å²) in [4.78, 5) is 24.8. The molecule has 0 atom stereocenters. The summed E-state index contributed by atoms with van der Waals surface area (Å²) in [6.45, 7) is 6.26. The van der Waals surface area contributed by atoms with Gasteiger partial charge in [0.15, 0.2) is 0 Å². The molecule has 0 aliphatic heterocycles. The third-order valence-corrected chi connectivity index (χ3v) is 3.21. The third-order valence-electron chi connectivity index (χ3n) is 2.98. The SMILES string of the molecule is CCCC(=O)NCCN(C(C)=O)c1cc(Cl)ccc1C. The molecule has 20 heavy (non-hydrogen) atoms. The Bertz CT molecular complexity index is 489. The van der Waals surface area contributed by atoms with E-state index in [2.05, 4.69) is 5.32 Å². The lowest BCUT2D eigenvalue weighted by atomic mass is 10.2. The number of nitrogens with zero attached hydrogens (tertiary/aromatic N) is 1. The number of rotatable bonds is 6. The van der Waals surface area contributed by atoms with Gasteiger partial charge in [0.2, 0.25) is 11.8 Å². The van der Waals surface area contributed by atoms with Gasteiger partial charge in [0.1, 0.15) is 0 Å². The van der Waals surface area contributed by atoms with E-state index in [0.717, 1.165) is 17.7 Å². The molecule has 0 spiro atoms. The van der Waals surface area contributed by atoms with Gasteiger partial charge in [-0.2, -0.15) is 0 Å². The molecule has 1 aromatic rings. The first kappa shape index (κ1) is 16.5. The molecule has 110 valence electrons. The maximum absolute atomic E-state index is 11.8. The fourth-order valence-corrected chi connectivity index (χ4v) is 2.11. The zero-order chi connectivity index (χ0) is 15.1. The first-order chi connectivity index (χ1) is 9.45. The van der Waals surface area contributed by atoms with Gasteiger partial charge in [0.25, 0.3) is 0 Å². The van der Waals surface area contributed by atoms with Crippen LogP contribution in [0.2, 0.25) is 5.02 Å². The molecule has 4 nitrogen and oxygen atoms in total. The molecule has 0 radical (unpaired) electrons. The Morgan fingerprint density at radius 3 is 2.65 bits per heavy atom. The molecule has 2 amide bonds. The highest BCUT2D eigenvalue weighted by atomic mass is 35.5. The minimum Gasteiger partial charge on any atom is -0.354 e. The summed E-state index contributed by atoms with van der Waals surface area (Å²) in [5.74, 6) is -0.0566. The van der Waals surface area contributed by atoms with Gasteiger partial charge in [-0.05, 0) is 31.0 Å². The Balaban J connectivity index is 2.72. The van der Waals surface area contributed by atoms with Crippen LogP contribution in [0, 0.1) is 6.92 Å². The number of carbonyl (C=O) groups is 2. The summed E-state index contributed by atoms with van der Waals surface area (Å²) in [6.07, 6.45) is 1.33. The van der Waals surface area contributed by atoms with E-state index in [-0.39, 0.29) is 11.8 Å². The smallest absolute Gasteiger partial charge is 0.223 e. The second-order valence-corrected chi connectivity index (χ2v) is 5.14. The van der Waals surface area contributed by atoms with Gasteiger partial charge in [0.05, 0.1) is 0 Å². The van der Waals surface area contributed by atoms with Gasteiger partial charge in [-0.15, -0.1) is 0 Å². The van der Waals surface area contributed by atoms with Crippen molar-refractivity contribution in [2.45, 2.75) is 33.6 Å². The van der Waals surface area contributed by atoms with Crippen LogP contribution in [0.1, 0.15) is 32.3 Å². The van der Waals surface area contributed by atoms with Crippen LogP contribution < -0.4 is 10.2 Å². The van der Waals surface area contributed by atoms with Crippen molar-refractivity contribution in [2.75, 3.05) is 18.0 Å². The number of nitrogens with one attached hydrogen (secondary N) is 1. The topological polar surface area (TPSA) is 49.4 Å². The Hall–Kier alpha value is -1.55. The molecule has 0 aliphatic carbocycles. The predicted molar refractivity (Wildman–Crippen MR) is 82.1 cm³/mol. The summed E-state index contributed by atoms with van der Waals surface area (Å²) in [5.41, 5.74) is 1.76. The zero-order valence-corrected chi connectivity index (χ0v) is 13.0. The van der Waals surface area contributed by atoms with Crippen LogP contribution in [0.15, 0.2) is 18.2 Å². The summed E-state index contributed by atoms with van der Waals surface area (Å²) < 4.78 is 0. The Kier molecular flexibility index (Phi) is 6.52. The minimum atomic E-state index is -0.0693. The molecule has 0 aromatic heterocycles. The van der Waals surface area contributed by atoms with Crippen molar-refractivity contribution in [3.05, 3.63) is 28.8 Å². The molecule has 5 heteroatoms. The molecule has 0 bridgehead atoms.